The Hall–Kier alpha value is -0.510. The molecule has 74 valence electrons. The summed E-state index contributed by atoms with van der Waals surface area (Å²) in [7, 11) is 0. The maximum Gasteiger partial charge on any atom is 0.185 e. The number of thioether (sulfide) groups is 1. The zero-order chi connectivity index (χ0) is 9.52. The molecule has 0 aromatic heterocycles. The molecule has 3 nitrogen and oxygen atoms in total. The molecule has 1 heterocycles. The number of hydrogen-bond acceptors (Lipinski definition) is 3. The summed E-state index contributed by atoms with van der Waals surface area (Å²) in [4.78, 5) is 8.47. The Morgan fingerprint density at radius 2 is 2.31 bits per heavy atom. The van der Waals surface area contributed by atoms with Crippen molar-refractivity contribution < 1.29 is 0 Å². The molecule has 0 amide bonds. The lowest BCUT2D eigenvalue weighted by atomic mass is 10.2. The van der Waals surface area contributed by atoms with E-state index >= 15 is 0 Å². The Labute approximate surface area is 83.9 Å². The molecule has 0 saturated heterocycles. The smallest absolute Gasteiger partial charge is 0.185 e. The van der Waals surface area contributed by atoms with Gasteiger partial charge in [0, 0.05) is 6.54 Å². The van der Waals surface area contributed by atoms with Crippen molar-refractivity contribution >= 4 is 22.8 Å². The molecule has 0 aromatic carbocycles. The van der Waals surface area contributed by atoms with Gasteiger partial charge in [-0.1, -0.05) is 37.9 Å². The quantitative estimate of drug-likeness (QED) is 0.689. The Bertz CT molecular complexity index is 211. The van der Waals surface area contributed by atoms with Crippen molar-refractivity contribution in [2.24, 2.45) is 15.7 Å². The molecule has 13 heavy (non-hydrogen) atoms. The lowest BCUT2D eigenvalue weighted by molar-refractivity contribution is 0.675. The second-order valence-corrected chi connectivity index (χ2v) is 4.06. The van der Waals surface area contributed by atoms with Crippen molar-refractivity contribution in [3.63, 3.8) is 0 Å². The molecule has 1 aliphatic rings. The summed E-state index contributed by atoms with van der Waals surface area (Å²) in [6, 6.07) is 0. The van der Waals surface area contributed by atoms with E-state index in [1.807, 2.05) is 0 Å². The predicted molar refractivity (Wildman–Crippen MR) is 60.5 cm³/mol. The normalized spacial score (nSPS) is 19.5. The van der Waals surface area contributed by atoms with Crippen LogP contribution >= 0.6 is 11.8 Å². The molecule has 4 heteroatoms. The van der Waals surface area contributed by atoms with Crippen LogP contribution in [0.1, 0.15) is 32.6 Å². The highest BCUT2D eigenvalue weighted by Crippen LogP contribution is 2.12. The van der Waals surface area contributed by atoms with Gasteiger partial charge in [0.25, 0.3) is 0 Å². The molecular formula is C9H17N3S. The third kappa shape index (κ3) is 4.31. The maximum atomic E-state index is 5.53. The summed E-state index contributed by atoms with van der Waals surface area (Å²) in [5.74, 6) is 1.52. The summed E-state index contributed by atoms with van der Waals surface area (Å²) in [5, 5.41) is 0.869. The lowest BCUT2D eigenvalue weighted by Crippen LogP contribution is -2.09. The lowest BCUT2D eigenvalue weighted by Gasteiger charge is -1.95. The van der Waals surface area contributed by atoms with E-state index in [4.69, 9.17) is 5.73 Å². The van der Waals surface area contributed by atoms with Crippen LogP contribution in [0.15, 0.2) is 9.98 Å². The number of nitrogens with zero attached hydrogens (tertiary/aromatic N) is 2. The fourth-order valence-electron chi connectivity index (χ4n) is 1.12. The van der Waals surface area contributed by atoms with Crippen LogP contribution in [0.3, 0.4) is 0 Å². The first-order valence-electron chi connectivity index (χ1n) is 4.83. The average molecular weight is 199 g/mol. The molecular weight excluding hydrogens is 182 g/mol. The van der Waals surface area contributed by atoms with Crippen molar-refractivity contribution in [2.45, 2.75) is 32.6 Å². The van der Waals surface area contributed by atoms with Gasteiger partial charge in [-0.3, -0.25) is 4.99 Å². The van der Waals surface area contributed by atoms with Gasteiger partial charge in [-0.25, -0.2) is 4.99 Å². The molecule has 0 bridgehead atoms. The van der Waals surface area contributed by atoms with E-state index < -0.39 is 0 Å². The Morgan fingerprint density at radius 1 is 1.46 bits per heavy atom. The van der Waals surface area contributed by atoms with Gasteiger partial charge < -0.3 is 5.73 Å². The van der Waals surface area contributed by atoms with Gasteiger partial charge in [-0.2, -0.15) is 0 Å². The summed E-state index contributed by atoms with van der Waals surface area (Å²) in [5.41, 5.74) is 5.53. The molecule has 0 aromatic rings. The number of rotatable bonds is 5. The van der Waals surface area contributed by atoms with E-state index in [0.29, 0.717) is 5.84 Å². The second-order valence-electron chi connectivity index (χ2n) is 3.12. The van der Waals surface area contributed by atoms with E-state index in [9.17, 15) is 0 Å². The highest BCUT2D eigenvalue weighted by atomic mass is 32.2. The molecule has 1 rings (SSSR count). The second kappa shape index (κ2) is 6.02. The van der Waals surface area contributed by atoms with E-state index in [2.05, 4.69) is 16.9 Å². The minimum atomic E-state index is 0.706. The average Bonchev–Trinajstić information content (AvgIpc) is 2.51. The number of aliphatic imine (C=N–C) groups is 2. The van der Waals surface area contributed by atoms with Gasteiger partial charge in [-0.15, -0.1) is 0 Å². The minimum Gasteiger partial charge on any atom is -0.386 e. The van der Waals surface area contributed by atoms with E-state index in [1.54, 1.807) is 11.8 Å². The molecule has 0 spiro atoms. The topological polar surface area (TPSA) is 50.7 Å². The summed E-state index contributed by atoms with van der Waals surface area (Å²) >= 11 is 1.64. The van der Waals surface area contributed by atoms with Crippen LogP contribution < -0.4 is 5.73 Å². The molecule has 0 fully saturated rings. The molecule has 0 radical (unpaired) electrons. The number of unbranched alkanes of at least 4 members (excludes halogenated alkanes) is 3. The van der Waals surface area contributed by atoms with Gasteiger partial charge in [-0.05, 0) is 6.42 Å². The first kappa shape index (κ1) is 10.6. The van der Waals surface area contributed by atoms with E-state index in [-0.39, 0.29) is 0 Å². The van der Waals surface area contributed by atoms with Crippen LogP contribution in [-0.2, 0) is 0 Å². The third-order valence-corrected chi connectivity index (χ3v) is 2.77. The highest BCUT2D eigenvalue weighted by Gasteiger charge is 2.08. The molecule has 0 aliphatic carbocycles. The number of nitrogens with two attached hydrogens (primary N) is 1. The first-order valence-corrected chi connectivity index (χ1v) is 5.81. The van der Waals surface area contributed by atoms with E-state index in [0.717, 1.165) is 17.5 Å². The SMILES string of the molecule is CCCCCCN=C1N=C(N)CS1. The monoisotopic (exact) mass is 199 g/mol. The van der Waals surface area contributed by atoms with Crippen LogP contribution in [0.25, 0.3) is 0 Å². The first-order chi connectivity index (χ1) is 6.33. The zero-order valence-electron chi connectivity index (χ0n) is 8.12. The fourth-order valence-corrected chi connectivity index (χ4v) is 1.83. The fraction of sp³-hybridized carbons (Fsp3) is 0.778. The highest BCUT2D eigenvalue weighted by molar-refractivity contribution is 8.14. The van der Waals surface area contributed by atoms with Gasteiger partial charge in [0.05, 0.1) is 5.75 Å². The Kier molecular flexibility index (Phi) is 4.90. The Morgan fingerprint density at radius 3 is 2.92 bits per heavy atom. The predicted octanol–water partition coefficient (Wildman–Crippen LogP) is 2.03. The van der Waals surface area contributed by atoms with Crippen LogP contribution in [-0.4, -0.2) is 23.3 Å². The molecule has 2 N–H and O–H groups in total. The van der Waals surface area contributed by atoms with Crippen molar-refractivity contribution in [3.05, 3.63) is 0 Å². The zero-order valence-corrected chi connectivity index (χ0v) is 8.94. The summed E-state index contributed by atoms with van der Waals surface area (Å²) in [6.45, 7) is 3.11. The molecule has 0 unspecified atom stereocenters. The van der Waals surface area contributed by atoms with Gasteiger partial charge in [0.1, 0.15) is 5.84 Å². The largest absolute Gasteiger partial charge is 0.386 e. The number of hydrogen-bond donors (Lipinski definition) is 1. The molecule has 1 aliphatic heterocycles. The van der Waals surface area contributed by atoms with Gasteiger partial charge in [0.2, 0.25) is 0 Å². The Balaban J connectivity index is 2.10. The summed E-state index contributed by atoms with van der Waals surface area (Å²) in [6.07, 6.45) is 5.03. The molecule has 0 atom stereocenters. The summed E-state index contributed by atoms with van der Waals surface area (Å²) < 4.78 is 0. The van der Waals surface area contributed by atoms with Gasteiger partial charge in [0.15, 0.2) is 5.17 Å². The number of amidine groups is 2. The van der Waals surface area contributed by atoms with Crippen molar-refractivity contribution in [1.82, 2.24) is 0 Å². The van der Waals surface area contributed by atoms with E-state index in [1.165, 1.54) is 25.7 Å². The third-order valence-electron chi connectivity index (χ3n) is 1.85. The van der Waals surface area contributed by atoms with Crippen LogP contribution in [0, 0.1) is 0 Å². The minimum absolute atomic E-state index is 0.706. The van der Waals surface area contributed by atoms with Crippen molar-refractivity contribution in [2.75, 3.05) is 12.3 Å². The van der Waals surface area contributed by atoms with Crippen LogP contribution in [0.4, 0.5) is 0 Å². The van der Waals surface area contributed by atoms with Gasteiger partial charge >= 0.3 is 0 Å². The van der Waals surface area contributed by atoms with Crippen LogP contribution in [0.5, 0.6) is 0 Å². The standard InChI is InChI=1S/C9H17N3S/c1-2-3-4-5-6-11-9-12-8(10)7-13-9/h2-7H2,1H3,(H2,10,11,12). The molecule has 0 saturated carbocycles. The van der Waals surface area contributed by atoms with Crippen LogP contribution in [0.2, 0.25) is 0 Å². The van der Waals surface area contributed by atoms with Crippen molar-refractivity contribution in [1.29, 1.82) is 0 Å². The van der Waals surface area contributed by atoms with Crippen molar-refractivity contribution in [3.8, 4) is 0 Å². The maximum absolute atomic E-state index is 5.53.